The lowest BCUT2D eigenvalue weighted by Crippen LogP contribution is -2.24. The summed E-state index contributed by atoms with van der Waals surface area (Å²) in [5.41, 5.74) is 2.41. The predicted molar refractivity (Wildman–Crippen MR) is 96.0 cm³/mol. The van der Waals surface area contributed by atoms with Crippen LogP contribution < -0.4 is 10.2 Å². The van der Waals surface area contributed by atoms with Crippen molar-refractivity contribution in [2.75, 3.05) is 11.9 Å². The Kier molecular flexibility index (Phi) is 5.31. The van der Waals surface area contributed by atoms with Crippen molar-refractivity contribution in [3.05, 3.63) is 84.1 Å². The molecular weight excluding hydrogens is 314 g/mol. The molecule has 0 spiro atoms. The molecule has 3 aromatic rings. The molecule has 0 bridgehead atoms. The highest BCUT2D eigenvalue weighted by atomic mass is 16.1. The number of hydrogen-bond donors (Lipinski definition) is 1. The van der Waals surface area contributed by atoms with Gasteiger partial charge in [0.15, 0.2) is 0 Å². The second-order valence-corrected chi connectivity index (χ2v) is 5.65. The lowest BCUT2D eigenvalue weighted by atomic mass is 10.2. The van der Waals surface area contributed by atoms with Crippen molar-refractivity contribution in [3.8, 4) is 0 Å². The van der Waals surface area contributed by atoms with Crippen molar-refractivity contribution in [3.63, 3.8) is 0 Å². The zero-order valence-electron chi connectivity index (χ0n) is 14.0. The summed E-state index contributed by atoms with van der Waals surface area (Å²) in [6.45, 7) is 1.13. The summed E-state index contributed by atoms with van der Waals surface area (Å²) in [6.07, 6.45) is 6.52. The third kappa shape index (κ3) is 4.60. The molecule has 6 nitrogen and oxygen atoms in total. The van der Waals surface area contributed by atoms with E-state index in [1.165, 1.54) is 11.8 Å². The van der Waals surface area contributed by atoms with Gasteiger partial charge in [-0.1, -0.05) is 36.4 Å². The van der Waals surface area contributed by atoms with Crippen LogP contribution in [0.1, 0.15) is 21.6 Å². The van der Waals surface area contributed by atoms with Crippen molar-refractivity contribution in [1.29, 1.82) is 0 Å². The number of benzene rings is 1. The molecule has 1 aromatic carbocycles. The molecule has 0 aliphatic rings. The molecule has 0 aliphatic heterocycles. The Morgan fingerprint density at radius 3 is 2.48 bits per heavy atom. The van der Waals surface area contributed by atoms with Crippen LogP contribution in [-0.2, 0) is 13.1 Å². The standard InChI is InChI=1S/C19H19N5O/c1-24(14-15-6-3-2-4-7-15)18-13-21-17(12-22-18)19(25)23-11-16-8-5-9-20-10-16/h2-10,12-13H,11,14H2,1H3,(H,23,25). The second-order valence-electron chi connectivity index (χ2n) is 5.65. The first-order chi connectivity index (χ1) is 12.2. The van der Waals surface area contributed by atoms with Gasteiger partial charge in [0.2, 0.25) is 0 Å². The lowest BCUT2D eigenvalue weighted by molar-refractivity contribution is 0.0945. The molecule has 126 valence electrons. The van der Waals surface area contributed by atoms with Crippen molar-refractivity contribution >= 4 is 11.7 Å². The van der Waals surface area contributed by atoms with Crippen LogP contribution in [0.2, 0.25) is 0 Å². The maximum Gasteiger partial charge on any atom is 0.271 e. The van der Waals surface area contributed by atoms with E-state index in [1.807, 2.05) is 42.3 Å². The summed E-state index contributed by atoms with van der Waals surface area (Å²) in [6, 6.07) is 13.9. The first-order valence-electron chi connectivity index (χ1n) is 7.96. The maximum absolute atomic E-state index is 12.1. The first kappa shape index (κ1) is 16.6. The summed E-state index contributed by atoms with van der Waals surface area (Å²) in [5, 5.41) is 2.81. The molecule has 0 unspecified atom stereocenters. The third-order valence-corrected chi connectivity index (χ3v) is 3.70. The molecular formula is C19H19N5O. The minimum absolute atomic E-state index is 0.256. The van der Waals surface area contributed by atoms with E-state index in [4.69, 9.17) is 0 Å². The van der Waals surface area contributed by atoms with Gasteiger partial charge in [0.1, 0.15) is 11.5 Å². The average Bonchev–Trinajstić information content (AvgIpc) is 2.68. The Bertz CT molecular complexity index is 806. The van der Waals surface area contributed by atoms with Gasteiger partial charge in [-0.05, 0) is 17.2 Å². The van der Waals surface area contributed by atoms with Gasteiger partial charge in [0.05, 0.1) is 12.4 Å². The van der Waals surface area contributed by atoms with Crippen molar-refractivity contribution < 1.29 is 4.79 Å². The van der Waals surface area contributed by atoms with Crippen LogP contribution in [0, 0.1) is 0 Å². The monoisotopic (exact) mass is 333 g/mol. The molecule has 25 heavy (non-hydrogen) atoms. The zero-order chi connectivity index (χ0) is 17.5. The van der Waals surface area contributed by atoms with Gasteiger partial charge in [0, 0.05) is 32.5 Å². The smallest absolute Gasteiger partial charge is 0.271 e. The normalized spacial score (nSPS) is 10.3. The van der Waals surface area contributed by atoms with Crippen LogP contribution in [0.3, 0.4) is 0 Å². The van der Waals surface area contributed by atoms with Gasteiger partial charge in [-0.15, -0.1) is 0 Å². The van der Waals surface area contributed by atoms with E-state index in [0.717, 1.165) is 12.1 Å². The van der Waals surface area contributed by atoms with E-state index in [9.17, 15) is 4.79 Å². The van der Waals surface area contributed by atoms with E-state index >= 15 is 0 Å². The van der Waals surface area contributed by atoms with E-state index < -0.39 is 0 Å². The third-order valence-electron chi connectivity index (χ3n) is 3.70. The summed E-state index contributed by atoms with van der Waals surface area (Å²) in [4.78, 5) is 26.7. The van der Waals surface area contributed by atoms with Crippen LogP contribution in [0.25, 0.3) is 0 Å². The quantitative estimate of drug-likeness (QED) is 0.750. The van der Waals surface area contributed by atoms with Gasteiger partial charge in [-0.3, -0.25) is 9.78 Å². The van der Waals surface area contributed by atoms with E-state index in [-0.39, 0.29) is 5.91 Å². The topological polar surface area (TPSA) is 71.0 Å². The molecule has 3 rings (SSSR count). The van der Waals surface area contributed by atoms with Crippen molar-refractivity contribution in [2.45, 2.75) is 13.1 Å². The number of pyridine rings is 1. The SMILES string of the molecule is CN(Cc1ccccc1)c1cnc(C(=O)NCc2cccnc2)cn1. The van der Waals surface area contributed by atoms with E-state index in [2.05, 4.69) is 32.4 Å². The number of carbonyl (C=O) groups is 1. The second kappa shape index (κ2) is 8.01. The molecule has 0 fully saturated rings. The molecule has 1 N–H and O–H groups in total. The fraction of sp³-hybridized carbons (Fsp3) is 0.158. The van der Waals surface area contributed by atoms with E-state index in [0.29, 0.717) is 18.1 Å². The summed E-state index contributed by atoms with van der Waals surface area (Å²) < 4.78 is 0. The van der Waals surface area contributed by atoms with Gasteiger partial charge < -0.3 is 10.2 Å². The Labute approximate surface area is 146 Å². The maximum atomic E-state index is 12.1. The molecule has 6 heteroatoms. The summed E-state index contributed by atoms with van der Waals surface area (Å²) in [5.74, 6) is 0.460. The largest absolute Gasteiger partial charge is 0.354 e. The number of aromatic nitrogens is 3. The number of carbonyl (C=O) groups excluding carboxylic acids is 1. The number of nitrogens with one attached hydrogen (secondary N) is 1. The molecule has 0 saturated carbocycles. The van der Waals surface area contributed by atoms with Crippen LogP contribution >= 0.6 is 0 Å². The number of amides is 1. The highest BCUT2D eigenvalue weighted by Crippen LogP contribution is 2.11. The number of nitrogens with zero attached hydrogens (tertiary/aromatic N) is 4. The Morgan fingerprint density at radius 1 is 1.00 bits per heavy atom. The van der Waals surface area contributed by atoms with E-state index in [1.54, 1.807) is 18.6 Å². The zero-order valence-corrected chi connectivity index (χ0v) is 14.0. The Morgan fingerprint density at radius 2 is 1.80 bits per heavy atom. The average molecular weight is 333 g/mol. The molecule has 0 radical (unpaired) electrons. The molecule has 0 atom stereocenters. The minimum atomic E-state index is -0.256. The first-order valence-corrected chi connectivity index (χ1v) is 7.96. The van der Waals surface area contributed by atoms with Crippen molar-refractivity contribution in [2.24, 2.45) is 0 Å². The van der Waals surface area contributed by atoms with Gasteiger partial charge in [-0.25, -0.2) is 9.97 Å². The molecule has 1 amide bonds. The highest BCUT2D eigenvalue weighted by molar-refractivity contribution is 5.91. The van der Waals surface area contributed by atoms with Gasteiger partial charge in [0.25, 0.3) is 5.91 Å². The van der Waals surface area contributed by atoms with Gasteiger partial charge >= 0.3 is 0 Å². The molecule has 2 aromatic heterocycles. The van der Waals surface area contributed by atoms with Crippen LogP contribution in [0.4, 0.5) is 5.82 Å². The number of rotatable bonds is 6. The predicted octanol–water partition coefficient (Wildman–Crippen LogP) is 2.44. The van der Waals surface area contributed by atoms with Crippen LogP contribution in [0.5, 0.6) is 0 Å². The summed E-state index contributed by atoms with van der Waals surface area (Å²) >= 11 is 0. The van der Waals surface area contributed by atoms with Gasteiger partial charge in [-0.2, -0.15) is 0 Å². The molecule has 0 aliphatic carbocycles. The Balaban J connectivity index is 1.58. The Hall–Kier alpha value is -3.28. The lowest BCUT2D eigenvalue weighted by Gasteiger charge is -2.17. The van der Waals surface area contributed by atoms with Crippen LogP contribution in [-0.4, -0.2) is 27.9 Å². The summed E-state index contributed by atoms with van der Waals surface area (Å²) in [7, 11) is 1.94. The number of anilines is 1. The fourth-order valence-corrected chi connectivity index (χ4v) is 2.35. The van der Waals surface area contributed by atoms with Crippen molar-refractivity contribution in [1.82, 2.24) is 20.3 Å². The molecule has 0 saturated heterocycles. The minimum Gasteiger partial charge on any atom is -0.354 e. The molecule has 2 heterocycles. The van der Waals surface area contributed by atoms with Crippen LogP contribution in [0.15, 0.2) is 67.3 Å². The number of hydrogen-bond acceptors (Lipinski definition) is 5. The fourth-order valence-electron chi connectivity index (χ4n) is 2.35. The highest BCUT2D eigenvalue weighted by Gasteiger charge is 2.10.